The van der Waals surface area contributed by atoms with Crippen LogP contribution in [0.3, 0.4) is 0 Å². The highest BCUT2D eigenvalue weighted by Gasteiger charge is 2.28. The van der Waals surface area contributed by atoms with E-state index in [0.717, 1.165) is 10.6 Å². The molecule has 0 saturated carbocycles. The second kappa shape index (κ2) is 5.17. The van der Waals surface area contributed by atoms with Crippen LogP contribution in [0.5, 0.6) is 0 Å². The average Bonchev–Trinajstić information content (AvgIpc) is 2.63. The number of imidazole rings is 1. The second-order valence-electron chi connectivity index (χ2n) is 3.93. The summed E-state index contributed by atoms with van der Waals surface area (Å²) in [6, 6.07) is 2.42. The van der Waals surface area contributed by atoms with Gasteiger partial charge in [0.15, 0.2) is 5.82 Å². The summed E-state index contributed by atoms with van der Waals surface area (Å²) >= 11 is 11.3. The Kier molecular flexibility index (Phi) is 3.92. The second-order valence-corrected chi connectivity index (χ2v) is 4.64. The quantitative estimate of drug-likeness (QED) is 0.601. The lowest BCUT2D eigenvalue weighted by Crippen LogP contribution is -2.14. The Morgan fingerprint density at radius 1 is 1.26 bits per heavy atom. The smallest absolute Gasteiger partial charge is 0.324 e. The molecule has 0 amide bonds. The molecule has 0 atom stereocenters. The van der Waals surface area contributed by atoms with Crippen molar-refractivity contribution < 1.29 is 17.6 Å². The zero-order chi connectivity index (χ0) is 14.2. The van der Waals surface area contributed by atoms with Crippen molar-refractivity contribution in [2.24, 2.45) is 0 Å². The van der Waals surface area contributed by atoms with Gasteiger partial charge < -0.3 is 4.57 Å². The maximum Gasteiger partial charge on any atom is 0.390 e. The molecule has 0 radical (unpaired) electrons. The van der Waals surface area contributed by atoms with Gasteiger partial charge in [0.1, 0.15) is 11.3 Å². The Morgan fingerprint density at radius 3 is 2.53 bits per heavy atom. The Morgan fingerprint density at radius 2 is 1.95 bits per heavy atom. The Bertz CT molecular complexity index is 607. The Hall–Kier alpha value is -1.01. The number of aromatic nitrogens is 2. The SMILES string of the molecule is Fc1cc(Cl)cc2nc(CCl)n(CCC(F)(F)F)c12. The van der Waals surface area contributed by atoms with E-state index in [-0.39, 0.29) is 27.8 Å². The summed E-state index contributed by atoms with van der Waals surface area (Å²) in [6.45, 7) is -0.430. The number of hydrogen-bond donors (Lipinski definition) is 0. The molecule has 0 aliphatic carbocycles. The number of aryl methyl sites for hydroxylation is 1. The molecule has 0 bridgehead atoms. The zero-order valence-corrected chi connectivity index (χ0v) is 11.0. The number of halogens is 6. The third-order valence-electron chi connectivity index (χ3n) is 2.58. The summed E-state index contributed by atoms with van der Waals surface area (Å²) in [7, 11) is 0. The van der Waals surface area contributed by atoms with E-state index in [1.54, 1.807) is 0 Å². The van der Waals surface area contributed by atoms with Crippen molar-refractivity contribution in [3.05, 3.63) is 28.8 Å². The molecule has 1 aromatic heterocycles. The van der Waals surface area contributed by atoms with Gasteiger partial charge in [-0.25, -0.2) is 9.37 Å². The summed E-state index contributed by atoms with van der Waals surface area (Å²) in [5.74, 6) is -0.639. The minimum atomic E-state index is -4.33. The van der Waals surface area contributed by atoms with Crippen molar-refractivity contribution in [1.82, 2.24) is 9.55 Å². The molecule has 1 heterocycles. The molecule has 8 heteroatoms. The van der Waals surface area contributed by atoms with Gasteiger partial charge in [0.2, 0.25) is 0 Å². The minimum absolute atomic E-state index is 0.00991. The average molecular weight is 315 g/mol. The third kappa shape index (κ3) is 3.12. The lowest BCUT2D eigenvalue weighted by Gasteiger charge is -2.10. The van der Waals surface area contributed by atoms with E-state index in [4.69, 9.17) is 23.2 Å². The maximum absolute atomic E-state index is 13.8. The molecule has 0 aliphatic heterocycles. The molecule has 0 fully saturated rings. The number of rotatable bonds is 3. The standard InChI is InChI=1S/C11H8Cl2F4N2/c12-5-9-18-8-4-6(13)3-7(14)10(8)19(9)2-1-11(15,16)17/h3-4H,1-2,5H2. The first-order valence-electron chi connectivity index (χ1n) is 5.28. The van der Waals surface area contributed by atoms with Gasteiger partial charge in [-0.15, -0.1) is 11.6 Å². The Labute approximate surface area is 115 Å². The van der Waals surface area contributed by atoms with Gasteiger partial charge in [-0.3, -0.25) is 0 Å². The Balaban J connectivity index is 2.51. The third-order valence-corrected chi connectivity index (χ3v) is 3.03. The van der Waals surface area contributed by atoms with E-state index < -0.39 is 25.0 Å². The molecule has 104 valence electrons. The van der Waals surface area contributed by atoms with Gasteiger partial charge in [0.25, 0.3) is 0 Å². The molecular weight excluding hydrogens is 307 g/mol. The molecule has 0 spiro atoms. The molecule has 2 aromatic rings. The fourth-order valence-corrected chi connectivity index (χ4v) is 2.22. The summed E-state index contributed by atoms with van der Waals surface area (Å²) in [5, 5.41) is 0.131. The van der Waals surface area contributed by atoms with Crippen molar-refractivity contribution in [1.29, 1.82) is 0 Å². The van der Waals surface area contributed by atoms with Gasteiger partial charge in [-0.1, -0.05) is 11.6 Å². The molecular formula is C11H8Cl2F4N2. The minimum Gasteiger partial charge on any atom is -0.324 e. The van der Waals surface area contributed by atoms with E-state index in [2.05, 4.69) is 4.98 Å². The van der Waals surface area contributed by atoms with Gasteiger partial charge in [0.05, 0.1) is 17.8 Å². The maximum atomic E-state index is 13.8. The first-order valence-corrected chi connectivity index (χ1v) is 6.20. The molecule has 2 nitrogen and oxygen atoms in total. The number of hydrogen-bond acceptors (Lipinski definition) is 1. The number of nitrogens with zero attached hydrogens (tertiary/aromatic N) is 2. The molecule has 2 rings (SSSR count). The van der Waals surface area contributed by atoms with Crippen LogP contribution in [0.15, 0.2) is 12.1 Å². The molecule has 0 unspecified atom stereocenters. The largest absolute Gasteiger partial charge is 0.390 e. The predicted molar refractivity (Wildman–Crippen MR) is 64.9 cm³/mol. The van der Waals surface area contributed by atoms with Crippen LogP contribution in [0.25, 0.3) is 11.0 Å². The van der Waals surface area contributed by atoms with Crippen molar-refractivity contribution >= 4 is 34.2 Å². The highest BCUT2D eigenvalue weighted by molar-refractivity contribution is 6.31. The van der Waals surface area contributed by atoms with Crippen LogP contribution in [-0.4, -0.2) is 15.7 Å². The number of fused-ring (bicyclic) bond motifs is 1. The highest BCUT2D eigenvalue weighted by atomic mass is 35.5. The first-order chi connectivity index (χ1) is 8.81. The number of benzene rings is 1. The summed E-state index contributed by atoms with van der Waals surface area (Å²) in [6.07, 6.45) is -5.41. The van der Waals surface area contributed by atoms with Crippen LogP contribution < -0.4 is 0 Å². The monoisotopic (exact) mass is 314 g/mol. The highest BCUT2D eigenvalue weighted by Crippen LogP contribution is 2.27. The first kappa shape index (κ1) is 14.4. The van der Waals surface area contributed by atoms with Crippen LogP contribution in [0.1, 0.15) is 12.2 Å². The summed E-state index contributed by atoms with van der Waals surface area (Å²) < 4.78 is 51.7. The van der Waals surface area contributed by atoms with Crippen LogP contribution >= 0.6 is 23.2 Å². The molecule has 0 N–H and O–H groups in total. The van der Waals surface area contributed by atoms with Crippen molar-refractivity contribution in [2.45, 2.75) is 25.0 Å². The van der Waals surface area contributed by atoms with Gasteiger partial charge in [-0.2, -0.15) is 13.2 Å². The topological polar surface area (TPSA) is 17.8 Å². The lowest BCUT2D eigenvalue weighted by atomic mass is 10.3. The molecule has 0 aliphatic rings. The normalized spacial score (nSPS) is 12.3. The number of alkyl halides is 4. The summed E-state index contributed by atoms with van der Waals surface area (Å²) in [4.78, 5) is 3.99. The lowest BCUT2D eigenvalue weighted by molar-refractivity contribution is -0.136. The van der Waals surface area contributed by atoms with Crippen molar-refractivity contribution in [3.8, 4) is 0 Å². The van der Waals surface area contributed by atoms with Crippen LogP contribution in [0.4, 0.5) is 17.6 Å². The van der Waals surface area contributed by atoms with E-state index in [9.17, 15) is 17.6 Å². The fraction of sp³-hybridized carbons (Fsp3) is 0.364. The van der Waals surface area contributed by atoms with Crippen LogP contribution in [0, 0.1) is 5.82 Å². The van der Waals surface area contributed by atoms with E-state index >= 15 is 0 Å². The zero-order valence-electron chi connectivity index (χ0n) is 9.44. The van der Waals surface area contributed by atoms with Gasteiger partial charge >= 0.3 is 6.18 Å². The van der Waals surface area contributed by atoms with Crippen molar-refractivity contribution in [2.75, 3.05) is 0 Å². The molecule has 19 heavy (non-hydrogen) atoms. The summed E-state index contributed by atoms with van der Waals surface area (Å²) in [5.41, 5.74) is 0.187. The van der Waals surface area contributed by atoms with Gasteiger partial charge in [-0.05, 0) is 12.1 Å². The predicted octanol–water partition coefficient (Wildman–Crippen LogP) is 4.52. The fourth-order valence-electron chi connectivity index (χ4n) is 1.81. The van der Waals surface area contributed by atoms with Crippen molar-refractivity contribution in [3.63, 3.8) is 0 Å². The van der Waals surface area contributed by atoms with Crippen LogP contribution in [0.2, 0.25) is 5.02 Å². The van der Waals surface area contributed by atoms with Gasteiger partial charge in [0, 0.05) is 11.6 Å². The molecule has 0 saturated heterocycles. The van der Waals surface area contributed by atoms with E-state index in [1.165, 1.54) is 6.07 Å². The van der Waals surface area contributed by atoms with Crippen LogP contribution in [-0.2, 0) is 12.4 Å². The van der Waals surface area contributed by atoms with E-state index in [0.29, 0.717) is 0 Å². The van der Waals surface area contributed by atoms with E-state index in [1.807, 2.05) is 0 Å². The molecule has 1 aromatic carbocycles.